The number of rotatable bonds is 4. The molecule has 2 rings (SSSR count). The van der Waals surface area contributed by atoms with E-state index < -0.39 is 0 Å². The zero-order chi connectivity index (χ0) is 9.80. The Morgan fingerprint density at radius 3 is 2.93 bits per heavy atom. The molecule has 0 aliphatic heterocycles. The Labute approximate surface area is 90.4 Å². The number of aryl methyl sites for hydroxylation is 1. The second-order valence-electron chi connectivity index (χ2n) is 3.85. The molecule has 0 unspecified atom stereocenters. The summed E-state index contributed by atoms with van der Waals surface area (Å²) in [5.74, 6) is 0. The van der Waals surface area contributed by atoms with Crippen molar-refractivity contribution in [3.63, 3.8) is 0 Å². The van der Waals surface area contributed by atoms with E-state index >= 15 is 0 Å². The molecule has 1 aliphatic carbocycles. The van der Waals surface area contributed by atoms with E-state index in [2.05, 4.69) is 35.9 Å². The molecule has 1 aromatic rings. The summed E-state index contributed by atoms with van der Waals surface area (Å²) in [5, 5.41) is 0. The van der Waals surface area contributed by atoms with E-state index in [1.54, 1.807) is 11.9 Å². The third-order valence-electron chi connectivity index (χ3n) is 2.76. The van der Waals surface area contributed by atoms with Crippen molar-refractivity contribution in [3.8, 4) is 0 Å². The van der Waals surface area contributed by atoms with Gasteiger partial charge in [-0.3, -0.25) is 4.72 Å². The summed E-state index contributed by atoms with van der Waals surface area (Å²) in [6.07, 6.45) is 5.21. The van der Waals surface area contributed by atoms with Gasteiger partial charge in [0, 0.05) is 10.9 Å². The molecule has 1 saturated carbocycles. The monoisotopic (exact) mass is 207 g/mol. The van der Waals surface area contributed by atoms with E-state index in [1.165, 1.54) is 29.7 Å². The van der Waals surface area contributed by atoms with Gasteiger partial charge in [-0.2, -0.15) is 0 Å². The molecule has 0 heterocycles. The van der Waals surface area contributed by atoms with Gasteiger partial charge >= 0.3 is 0 Å². The molecule has 14 heavy (non-hydrogen) atoms. The van der Waals surface area contributed by atoms with E-state index in [-0.39, 0.29) is 0 Å². The van der Waals surface area contributed by atoms with Crippen molar-refractivity contribution in [2.45, 2.75) is 43.5 Å². The van der Waals surface area contributed by atoms with Gasteiger partial charge in [0.1, 0.15) is 0 Å². The van der Waals surface area contributed by atoms with Crippen LogP contribution in [0.4, 0.5) is 0 Å². The lowest BCUT2D eigenvalue weighted by Crippen LogP contribution is -2.29. The highest BCUT2D eigenvalue weighted by Gasteiger charge is 2.16. The topological polar surface area (TPSA) is 12.0 Å². The Balaban J connectivity index is 1.87. The van der Waals surface area contributed by atoms with Gasteiger partial charge in [0.15, 0.2) is 0 Å². The van der Waals surface area contributed by atoms with Crippen LogP contribution in [0.5, 0.6) is 0 Å². The van der Waals surface area contributed by atoms with Crippen molar-refractivity contribution in [2.24, 2.45) is 0 Å². The minimum Gasteiger partial charge on any atom is -0.257 e. The molecule has 76 valence electrons. The molecule has 2 heteroatoms. The van der Waals surface area contributed by atoms with Crippen LogP contribution in [0.2, 0.25) is 0 Å². The van der Waals surface area contributed by atoms with Crippen LogP contribution in [0.1, 0.15) is 31.7 Å². The first-order valence-corrected chi connectivity index (χ1v) is 6.21. The average molecular weight is 207 g/mol. The minimum atomic E-state index is 0.755. The van der Waals surface area contributed by atoms with Gasteiger partial charge in [-0.1, -0.05) is 25.5 Å². The largest absolute Gasteiger partial charge is 0.257 e. The summed E-state index contributed by atoms with van der Waals surface area (Å²) in [5.41, 5.74) is 1.42. The third kappa shape index (κ3) is 2.52. The second-order valence-corrected chi connectivity index (χ2v) is 4.76. The number of benzene rings is 1. The number of nitrogens with one attached hydrogen (secondary N) is 1. The highest BCUT2D eigenvalue weighted by Crippen LogP contribution is 2.24. The number of hydrogen-bond acceptors (Lipinski definition) is 2. The van der Waals surface area contributed by atoms with E-state index in [4.69, 9.17) is 0 Å². The van der Waals surface area contributed by atoms with Gasteiger partial charge in [0.05, 0.1) is 0 Å². The molecule has 0 saturated heterocycles. The number of hydrogen-bond donors (Lipinski definition) is 1. The second kappa shape index (κ2) is 4.85. The predicted octanol–water partition coefficient (Wildman–Crippen LogP) is 3.40. The highest BCUT2D eigenvalue weighted by atomic mass is 32.2. The fourth-order valence-corrected chi connectivity index (χ4v) is 2.40. The summed E-state index contributed by atoms with van der Waals surface area (Å²) >= 11 is 1.78. The Bertz CT molecular complexity index is 294. The summed E-state index contributed by atoms with van der Waals surface area (Å²) in [7, 11) is 0. The minimum absolute atomic E-state index is 0.755. The van der Waals surface area contributed by atoms with E-state index in [0.717, 1.165) is 12.5 Å². The third-order valence-corrected chi connectivity index (χ3v) is 3.70. The Morgan fingerprint density at radius 2 is 2.29 bits per heavy atom. The van der Waals surface area contributed by atoms with Gasteiger partial charge in [0.25, 0.3) is 0 Å². The van der Waals surface area contributed by atoms with Crippen LogP contribution in [0.3, 0.4) is 0 Å². The summed E-state index contributed by atoms with van der Waals surface area (Å²) in [6.45, 7) is 2.20. The van der Waals surface area contributed by atoms with Crippen LogP contribution in [-0.2, 0) is 6.42 Å². The zero-order valence-corrected chi connectivity index (χ0v) is 9.44. The zero-order valence-electron chi connectivity index (χ0n) is 8.62. The van der Waals surface area contributed by atoms with E-state index in [0.29, 0.717) is 0 Å². The predicted molar refractivity (Wildman–Crippen MR) is 62.5 cm³/mol. The van der Waals surface area contributed by atoms with Crippen LogP contribution in [0.25, 0.3) is 0 Å². The molecule has 0 spiro atoms. The first kappa shape index (κ1) is 10.1. The van der Waals surface area contributed by atoms with Crippen molar-refractivity contribution in [3.05, 3.63) is 29.8 Å². The molecule has 1 nitrogen and oxygen atoms in total. The van der Waals surface area contributed by atoms with Crippen LogP contribution in [0, 0.1) is 0 Å². The van der Waals surface area contributed by atoms with Crippen molar-refractivity contribution >= 4 is 11.9 Å². The molecule has 1 aliphatic rings. The standard InChI is InChI=1S/C12H17NS/c1-2-10-5-3-8-12(9-10)14-13-11-6-4-7-11/h3,5,8-9,11,13H,2,4,6-7H2,1H3. The first-order valence-electron chi connectivity index (χ1n) is 5.40. The van der Waals surface area contributed by atoms with Crippen molar-refractivity contribution in [1.82, 2.24) is 4.72 Å². The molecule has 1 aromatic carbocycles. The molecule has 0 bridgehead atoms. The van der Waals surface area contributed by atoms with Crippen molar-refractivity contribution in [1.29, 1.82) is 0 Å². The SMILES string of the molecule is CCc1cccc(SNC2CCC2)c1. The normalized spacial score (nSPS) is 16.6. The molecule has 0 atom stereocenters. The highest BCUT2D eigenvalue weighted by molar-refractivity contribution is 7.97. The lowest BCUT2D eigenvalue weighted by Gasteiger charge is -2.25. The molecule has 0 amide bonds. The summed E-state index contributed by atoms with van der Waals surface area (Å²) < 4.78 is 3.50. The quantitative estimate of drug-likeness (QED) is 0.759. The molecule has 0 radical (unpaired) electrons. The van der Waals surface area contributed by atoms with Crippen LogP contribution in [0.15, 0.2) is 29.2 Å². The fourth-order valence-electron chi connectivity index (χ4n) is 1.51. The van der Waals surface area contributed by atoms with Crippen LogP contribution in [-0.4, -0.2) is 6.04 Å². The Morgan fingerprint density at radius 1 is 1.43 bits per heavy atom. The molecular weight excluding hydrogens is 190 g/mol. The smallest absolute Gasteiger partial charge is 0.0230 e. The van der Waals surface area contributed by atoms with Gasteiger partial charge in [-0.15, -0.1) is 0 Å². The summed E-state index contributed by atoms with van der Waals surface area (Å²) in [6, 6.07) is 9.54. The Hall–Kier alpha value is -0.470. The maximum absolute atomic E-state index is 3.50. The molecular formula is C12H17NS. The maximum atomic E-state index is 3.50. The maximum Gasteiger partial charge on any atom is 0.0230 e. The Kier molecular flexibility index (Phi) is 3.49. The molecule has 1 N–H and O–H groups in total. The van der Waals surface area contributed by atoms with Crippen molar-refractivity contribution < 1.29 is 0 Å². The molecule has 1 fully saturated rings. The van der Waals surface area contributed by atoms with E-state index in [1.807, 2.05) is 0 Å². The van der Waals surface area contributed by atoms with E-state index in [9.17, 15) is 0 Å². The first-order chi connectivity index (χ1) is 6.88. The summed E-state index contributed by atoms with van der Waals surface area (Å²) in [4.78, 5) is 1.34. The van der Waals surface area contributed by atoms with Crippen LogP contribution >= 0.6 is 11.9 Å². The fraction of sp³-hybridized carbons (Fsp3) is 0.500. The van der Waals surface area contributed by atoms with Gasteiger partial charge in [-0.05, 0) is 48.9 Å². The van der Waals surface area contributed by atoms with Crippen molar-refractivity contribution in [2.75, 3.05) is 0 Å². The van der Waals surface area contributed by atoms with Gasteiger partial charge < -0.3 is 0 Å². The lowest BCUT2D eigenvalue weighted by molar-refractivity contribution is 0.395. The molecule has 0 aromatic heterocycles. The van der Waals surface area contributed by atoms with Gasteiger partial charge in [-0.25, -0.2) is 0 Å². The van der Waals surface area contributed by atoms with Crippen LogP contribution < -0.4 is 4.72 Å². The average Bonchev–Trinajstić information content (AvgIpc) is 2.16. The lowest BCUT2D eigenvalue weighted by atomic mass is 9.94. The van der Waals surface area contributed by atoms with Gasteiger partial charge in [0.2, 0.25) is 0 Å².